The monoisotopic (exact) mass is 403 g/mol. The summed E-state index contributed by atoms with van der Waals surface area (Å²) in [4.78, 5) is 16.7. The van der Waals surface area contributed by atoms with E-state index in [-0.39, 0.29) is 12.0 Å². The van der Waals surface area contributed by atoms with E-state index in [0.717, 1.165) is 22.2 Å². The first-order valence-electron chi connectivity index (χ1n) is 10.2. The number of pyridine rings is 1. The molecule has 3 heterocycles. The lowest BCUT2D eigenvalue weighted by Gasteiger charge is -2.15. The molecule has 4 rings (SSSR count). The molecule has 0 bridgehead atoms. The Morgan fingerprint density at radius 1 is 0.933 bits per heavy atom. The minimum Gasteiger partial charge on any atom is -0.392 e. The van der Waals surface area contributed by atoms with Gasteiger partial charge in [-0.15, -0.1) is 0 Å². The Balaban J connectivity index is 0.00000124. The number of H-pyrrole nitrogens is 1. The standard InChI is InChI=1S/C22H23N5O.C2H6/c1-22(2,3)20-12-15-11-16(4-5-17(15)26-20)25-21-24-9-7-18(27-21)19-10-14(13-28)6-8-23-19;1-2/h4-12,26,28H,13H2,1-3H3,(H,24,25,27);1-2H3. The summed E-state index contributed by atoms with van der Waals surface area (Å²) >= 11 is 0. The molecule has 0 aliphatic carbocycles. The minimum absolute atomic E-state index is 0.0288. The van der Waals surface area contributed by atoms with E-state index >= 15 is 0 Å². The number of anilines is 2. The summed E-state index contributed by atoms with van der Waals surface area (Å²) in [6, 6.07) is 13.7. The number of hydrogen-bond acceptors (Lipinski definition) is 5. The number of benzene rings is 1. The summed E-state index contributed by atoms with van der Waals surface area (Å²) in [5.41, 5.74) is 5.49. The maximum absolute atomic E-state index is 9.32. The number of aromatic nitrogens is 4. The van der Waals surface area contributed by atoms with Crippen LogP contribution in [0.2, 0.25) is 0 Å². The SMILES string of the molecule is CC.CC(C)(C)c1cc2cc(Nc3nccc(-c4cc(CO)ccn4)n3)ccc2[nH]1. The third kappa shape index (κ3) is 4.83. The number of aromatic amines is 1. The second-order valence-corrected chi connectivity index (χ2v) is 7.83. The normalized spacial score (nSPS) is 11.1. The van der Waals surface area contributed by atoms with E-state index in [1.165, 1.54) is 5.69 Å². The molecule has 156 valence electrons. The Labute approximate surface area is 177 Å². The highest BCUT2D eigenvalue weighted by atomic mass is 16.3. The van der Waals surface area contributed by atoms with Crippen molar-refractivity contribution in [1.82, 2.24) is 19.9 Å². The second kappa shape index (κ2) is 9.05. The van der Waals surface area contributed by atoms with Gasteiger partial charge in [-0.25, -0.2) is 9.97 Å². The quantitative estimate of drug-likeness (QED) is 0.414. The first-order chi connectivity index (χ1) is 14.4. The van der Waals surface area contributed by atoms with E-state index in [2.05, 4.69) is 64.2 Å². The molecule has 0 amide bonds. The fourth-order valence-electron chi connectivity index (χ4n) is 3.02. The molecule has 4 aromatic rings. The van der Waals surface area contributed by atoms with Crippen molar-refractivity contribution < 1.29 is 5.11 Å². The zero-order chi connectivity index (χ0) is 21.7. The molecule has 0 saturated carbocycles. The third-order valence-electron chi connectivity index (χ3n) is 4.61. The van der Waals surface area contributed by atoms with Crippen LogP contribution < -0.4 is 5.32 Å². The average Bonchev–Trinajstić information content (AvgIpc) is 3.19. The molecule has 0 spiro atoms. The van der Waals surface area contributed by atoms with Crippen LogP contribution in [0.3, 0.4) is 0 Å². The van der Waals surface area contributed by atoms with Gasteiger partial charge in [-0.05, 0) is 48.0 Å². The van der Waals surface area contributed by atoms with E-state index in [4.69, 9.17) is 0 Å². The number of aliphatic hydroxyl groups is 1. The van der Waals surface area contributed by atoms with Gasteiger partial charge in [-0.3, -0.25) is 4.98 Å². The molecule has 0 aliphatic rings. The Bertz CT molecular complexity index is 1130. The molecule has 6 nitrogen and oxygen atoms in total. The predicted molar refractivity (Wildman–Crippen MR) is 123 cm³/mol. The predicted octanol–water partition coefficient (Wildman–Crippen LogP) is 5.58. The lowest BCUT2D eigenvalue weighted by molar-refractivity contribution is 0.282. The number of rotatable bonds is 4. The van der Waals surface area contributed by atoms with Gasteiger partial charge in [-0.2, -0.15) is 0 Å². The zero-order valence-corrected chi connectivity index (χ0v) is 18.2. The molecule has 30 heavy (non-hydrogen) atoms. The highest BCUT2D eigenvalue weighted by Gasteiger charge is 2.16. The molecular formula is C24H29N5O. The van der Waals surface area contributed by atoms with E-state index in [1.807, 2.05) is 26.0 Å². The summed E-state index contributed by atoms with van der Waals surface area (Å²) in [6.45, 7) is 10.5. The van der Waals surface area contributed by atoms with Crippen LogP contribution >= 0.6 is 0 Å². The van der Waals surface area contributed by atoms with Crippen LogP contribution in [0.1, 0.15) is 45.9 Å². The Morgan fingerprint density at radius 3 is 2.43 bits per heavy atom. The van der Waals surface area contributed by atoms with Crippen LogP contribution in [0, 0.1) is 0 Å². The van der Waals surface area contributed by atoms with Crippen LogP contribution in [0.4, 0.5) is 11.6 Å². The van der Waals surface area contributed by atoms with Crippen LogP contribution in [-0.2, 0) is 12.0 Å². The lowest BCUT2D eigenvalue weighted by Crippen LogP contribution is -2.10. The average molecular weight is 404 g/mol. The second-order valence-electron chi connectivity index (χ2n) is 7.83. The van der Waals surface area contributed by atoms with E-state index < -0.39 is 0 Å². The van der Waals surface area contributed by atoms with Crippen LogP contribution in [0.5, 0.6) is 0 Å². The molecule has 0 radical (unpaired) electrons. The number of hydrogen-bond donors (Lipinski definition) is 3. The van der Waals surface area contributed by atoms with Crippen LogP contribution in [0.25, 0.3) is 22.3 Å². The van der Waals surface area contributed by atoms with Crippen molar-refractivity contribution in [3.05, 3.63) is 66.1 Å². The summed E-state index contributed by atoms with van der Waals surface area (Å²) in [6.07, 6.45) is 3.37. The van der Waals surface area contributed by atoms with Crippen molar-refractivity contribution in [2.24, 2.45) is 0 Å². The smallest absolute Gasteiger partial charge is 0.227 e. The van der Waals surface area contributed by atoms with E-state index in [0.29, 0.717) is 17.3 Å². The molecule has 0 saturated heterocycles. The van der Waals surface area contributed by atoms with Crippen molar-refractivity contribution in [2.75, 3.05) is 5.32 Å². The van der Waals surface area contributed by atoms with Gasteiger partial charge in [-0.1, -0.05) is 34.6 Å². The molecule has 1 aromatic carbocycles. The number of fused-ring (bicyclic) bond motifs is 1. The maximum Gasteiger partial charge on any atom is 0.227 e. The van der Waals surface area contributed by atoms with Crippen LogP contribution in [0.15, 0.2) is 54.9 Å². The largest absolute Gasteiger partial charge is 0.392 e. The van der Waals surface area contributed by atoms with Crippen molar-refractivity contribution >= 4 is 22.5 Å². The van der Waals surface area contributed by atoms with E-state index in [9.17, 15) is 5.11 Å². The van der Waals surface area contributed by atoms with Crippen molar-refractivity contribution in [1.29, 1.82) is 0 Å². The minimum atomic E-state index is -0.0288. The van der Waals surface area contributed by atoms with Gasteiger partial charge < -0.3 is 15.4 Å². The summed E-state index contributed by atoms with van der Waals surface area (Å²) in [7, 11) is 0. The van der Waals surface area contributed by atoms with Gasteiger partial charge in [0.05, 0.1) is 18.0 Å². The summed E-state index contributed by atoms with van der Waals surface area (Å²) in [5.74, 6) is 0.500. The molecule has 0 unspecified atom stereocenters. The maximum atomic E-state index is 9.32. The number of nitrogens with one attached hydrogen (secondary N) is 2. The van der Waals surface area contributed by atoms with Crippen molar-refractivity contribution in [3.63, 3.8) is 0 Å². The van der Waals surface area contributed by atoms with Crippen LogP contribution in [-0.4, -0.2) is 25.0 Å². The number of nitrogens with zero attached hydrogens (tertiary/aromatic N) is 3. The molecule has 0 aliphatic heterocycles. The number of aliphatic hydroxyl groups excluding tert-OH is 1. The molecule has 6 heteroatoms. The van der Waals surface area contributed by atoms with Gasteiger partial charge in [0.2, 0.25) is 5.95 Å². The fraction of sp³-hybridized carbons (Fsp3) is 0.292. The Kier molecular flexibility index (Phi) is 6.47. The van der Waals surface area contributed by atoms with Gasteiger partial charge in [0.25, 0.3) is 0 Å². The van der Waals surface area contributed by atoms with Crippen molar-refractivity contribution in [3.8, 4) is 11.4 Å². The van der Waals surface area contributed by atoms with Gasteiger partial charge >= 0.3 is 0 Å². The molecular weight excluding hydrogens is 374 g/mol. The molecule has 3 aromatic heterocycles. The van der Waals surface area contributed by atoms with Gasteiger partial charge in [0.1, 0.15) is 0 Å². The molecule has 0 fully saturated rings. The summed E-state index contributed by atoms with van der Waals surface area (Å²) in [5, 5.41) is 13.7. The molecule has 0 atom stereocenters. The van der Waals surface area contributed by atoms with E-state index in [1.54, 1.807) is 24.5 Å². The first-order valence-corrected chi connectivity index (χ1v) is 10.2. The Hall–Kier alpha value is -3.25. The third-order valence-corrected chi connectivity index (χ3v) is 4.61. The van der Waals surface area contributed by atoms with Crippen molar-refractivity contribution in [2.45, 2.75) is 46.6 Å². The zero-order valence-electron chi connectivity index (χ0n) is 18.2. The topological polar surface area (TPSA) is 86.7 Å². The fourth-order valence-corrected chi connectivity index (χ4v) is 3.02. The highest BCUT2D eigenvalue weighted by molar-refractivity contribution is 5.85. The van der Waals surface area contributed by atoms with Gasteiger partial charge in [0, 0.05) is 40.1 Å². The first kappa shape index (κ1) is 21.5. The highest BCUT2D eigenvalue weighted by Crippen LogP contribution is 2.28. The molecule has 3 N–H and O–H groups in total. The summed E-state index contributed by atoms with van der Waals surface area (Å²) < 4.78 is 0. The van der Waals surface area contributed by atoms with Gasteiger partial charge in [0.15, 0.2) is 0 Å². The lowest BCUT2D eigenvalue weighted by atomic mass is 9.92. The Morgan fingerprint density at radius 2 is 1.70 bits per heavy atom.